The molecule has 2 aromatic rings. The van der Waals surface area contributed by atoms with Gasteiger partial charge in [0.1, 0.15) is 11.6 Å². The Labute approximate surface area is 153 Å². The van der Waals surface area contributed by atoms with Crippen LogP contribution in [0.2, 0.25) is 0 Å². The number of nitrogens with two attached hydrogens (primary N) is 1. The Morgan fingerprint density at radius 3 is 2.46 bits per heavy atom. The lowest BCUT2D eigenvalue weighted by molar-refractivity contribution is -0.307. The number of benzene rings is 2. The number of hydrogen-bond donors (Lipinski definition) is 3. The van der Waals surface area contributed by atoms with Crippen LogP contribution in [-0.4, -0.2) is 18.4 Å². The van der Waals surface area contributed by atoms with Crippen molar-refractivity contribution >= 4 is 17.5 Å². The van der Waals surface area contributed by atoms with E-state index in [0.717, 1.165) is 18.4 Å². The van der Waals surface area contributed by atoms with E-state index in [4.69, 9.17) is 15.9 Å². The molecule has 2 rings (SSSR count). The third-order valence-electron chi connectivity index (χ3n) is 3.91. The fourth-order valence-corrected chi connectivity index (χ4v) is 2.73. The molecule has 0 radical (unpaired) electrons. The highest BCUT2D eigenvalue weighted by atomic mass is 16.5. The number of carboxylic acid groups (broad SMARTS) is 1. The van der Waals surface area contributed by atoms with E-state index in [-0.39, 0.29) is 5.84 Å². The summed E-state index contributed by atoms with van der Waals surface area (Å²) in [5.41, 5.74) is 8.21. The summed E-state index contributed by atoms with van der Waals surface area (Å²) in [5, 5.41) is 22.1. The van der Waals surface area contributed by atoms with Crippen molar-refractivity contribution in [1.82, 2.24) is 0 Å². The summed E-state index contributed by atoms with van der Waals surface area (Å²) in [4.78, 5) is 11.7. The number of aliphatic carboxylic acids is 1. The van der Waals surface area contributed by atoms with Crippen molar-refractivity contribution in [2.45, 2.75) is 32.7 Å². The Hall–Kier alpha value is -3.02. The quantitative estimate of drug-likeness (QED) is 0.472. The molecular weight excluding hydrogens is 330 g/mol. The van der Waals surface area contributed by atoms with E-state index in [1.54, 1.807) is 30.3 Å². The van der Waals surface area contributed by atoms with Crippen molar-refractivity contribution in [1.29, 1.82) is 5.41 Å². The SMILES string of the molecule is CCCc1cc(OCC)cc(C(Nc2ccc(C(=N)N)cc2)C(=O)[O-])c1. The highest BCUT2D eigenvalue weighted by Crippen LogP contribution is 2.26. The van der Waals surface area contributed by atoms with Crippen molar-refractivity contribution < 1.29 is 14.6 Å². The van der Waals surface area contributed by atoms with Gasteiger partial charge in [-0.05, 0) is 60.9 Å². The number of aryl methyl sites for hydroxylation is 1. The van der Waals surface area contributed by atoms with Gasteiger partial charge in [-0.25, -0.2) is 0 Å². The first-order chi connectivity index (χ1) is 12.4. The molecular formula is C20H24N3O3-. The lowest BCUT2D eigenvalue weighted by atomic mass is 10.0. The highest BCUT2D eigenvalue weighted by molar-refractivity contribution is 5.95. The number of amidine groups is 1. The van der Waals surface area contributed by atoms with Crippen LogP contribution in [0.3, 0.4) is 0 Å². The molecule has 1 atom stereocenters. The summed E-state index contributed by atoms with van der Waals surface area (Å²) in [7, 11) is 0. The number of hydrogen-bond acceptors (Lipinski definition) is 5. The number of nitrogen functional groups attached to an aromatic ring is 1. The molecule has 6 heteroatoms. The summed E-state index contributed by atoms with van der Waals surface area (Å²) in [6, 6.07) is 11.2. The van der Waals surface area contributed by atoms with Crippen LogP contribution in [0.15, 0.2) is 42.5 Å². The summed E-state index contributed by atoms with van der Waals surface area (Å²) in [6.07, 6.45) is 1.78. The molecule has 26 heavy (non-hydrogen) atoms. The van der Waals surface area contributed by atoms with Gasteiger partial charge in [0.2, 0.25) is 0 Å². The highest BCUT2D eigenvalue weighted by Gasteiger charge is 2.15. The second kappa shape index (κ2) is 8.89. The molecule has 0 spiro atoms. The lowest BCUT2D eigenvalue weighted by Gasteiger charge is -2.23. The number of rotatable bonds is 9. The smallest absolute Gasteiger partial charge is 0.122 e. The molecule has 0 saturated carbocycles. The molecule has 4 N–H and O–H groups in total. The van der Waals surface area contributed by atoms with Gasteiger partial charge in [-0.2, -0.15) is 0 Å². The molecule has 0 fully saturated rings. The average Bonchev–Trinajstić information content (AvgIpc) is 2.60. The Balaban J connectivity index is 2.33. The van der Waals surface area contributed by atoms with E-state index < -0.39 is 12.0 Å². The number of ether oxygens (including phenoxy) is 1. The summed E-state index contributed by atoms with van der Waals surface area (Å²) < 4.78 is 5.58. The van der Waals surface area contributed by atoms with Gasteiger partial charge in [0, 0.05) is 11.3 Å². The van der Waals surface area contributed by atoms with Crippen molar-refractivity contribution in [2.24, 2.45) is 5.73 Å². The zero-order valence-corrected chi connectivity index (χ0v) is 15.0. The normalized spacial score (nSPS) is 11.6. The molecule has 0 aromatic heterocycles. The number of anilines is 1. The molecule has 0 saturated heterocycles. The third-order valence-corrected chi connectivity index (χ3v) is 3.91. The molecule has 6 nitrogen and oxygen atoms in total. The van der Waals surface area contributed by atoms with Crippen LogP contribution in [0.1, 0.15) is 43.0 Å². The van der Waals surface area contributed by atoms with Crippen LogP contribution in [0, 0.1) is 5.41 Å². The van der Waals surface area contributed by atoms with Crippen LogP contribution in [0.4, 0.5) is 5.69 Å². The zero-order chi connectivity index (χ0) is 19.1. The van der Waals surface area contributed by atoms with E-state index >= 15 is 0 Å². The minimum Gasteiger partial charge on any atom is -0.548 e. The standard InChI is InChI=1S/C20H25N3O3/c1-3-5-13-10-15(12-17(11-13)26-4-2)18(20(24)25)23-16-8-6-14(7-9-16)19(21)22/h6-12,18,23H,3-5H2,1-2H3,(H3,21,22)(H,24,25)/p-1. The van der Waals surface area contributed by atoms with Gasteiger partial charge in [0.15, 0.2) is 0 Å². The monoisotopic (exact) mass is 354 g/mol. The zero-order valence-electron chi connectivity index (χ0n) is 15.0. The Kier molecular flexibility index (Phi) is 6.60. The third kappa shape index (κ3) is 4.99. The van der Waals surface area contributed by atoms with Gasteiger partial charge in [-0.15, -0.1) is 0 Å². The Morgan fingerprint density at radius 2 is 1.92 bits per heavy atom. The van der Waals surface area contributed by atoms with E-state index in [1.807, 2.05) is 19.1 Å². The van der Waals surface area contributed by atoms with Crippen LogP contribution >= 0.6 is 0 Å². The predicted octanol–water partition coefficient (Wildman–Crippen LogP) is 2.22. The van der Waals surface area contributed by atoms with Crippen molar-refractivity contribution in [2.75, 3.05) is 11.9 Å². The van der Waals surface area contributed by atoms with E-state index in [2.05, 4.69) is 12.2 Å². The molecule has 0 aliphatic carbocycles. The maximum atomic E-state index is 11.7. The maximum Gasteiger partial charge on any atom is 0.122 e. The molecule has 138 valence electrons. The van der Waals surface area contributed by atoms with E-state index in [9.17, 15) is 9.90 Å². The molecule has 0 heterocycles. The van der Waals surface area contributed by atoms with Crippen LogP contribution < -0.4 is 20.9 Å². The first-order valence-electron chi connectivity index (χ1n) is 8.63. The number of carbonyl (C=O) groups is 1. The van der Waals surface area contributed by atoms with E-state index in [0.29, 0.717) is 29.2 Å². The van der Waals surface area contributed by atoms with Crippen molar-refractivity contribution in [3.8, 4) is 5.75 Å². The van der Waals surface area contributed by atoms with Crippen molar-refractivity contribution in [3.05, 3.63) is 59.2 Å². The van der Waals surface area contributed by atoms with Crippen molar-refractivity contribution in [3.63, 3.8) is 0 Å². The van der Waals surface area contributed by atoms with Gasteiger partial charge >= 0.3 is 0 Å². The number of carboxylic acids is 1. The van der Waals surface area contributed by atoms with E-state index in [1.165, 1.54) is 0 Å². The second-order valence-electron chi connectivity index (χ2n) is 5.98. The fourth-order valence-electron chi connectivity index (χ4n) is 2.73. The lowest BCUT2D eigenvalue weighted by Crippen LogP contribution is -2.34. The van der Waals surface area contributed by atoms with Gasteiger partial charge in [-0.3, -0.25) is 5.41 Å². The minimum atomic E-state index is -1.23. The van der Waals surface area contributed by atoms with Crippen LogP contribution in [0.5, 0.6) is 5.75 Å². The molecule has 0 aliphatic heterocycles. The minimum absolute atomic E-state index is 0.0402. The van der Waals surface area contributed by atoms with Gasteiger partial charge in [0.05, 0.1) is 18.6 Å². The fraction of sp³-hybridized carbons (Fsp3) is 0.300. The summed E-state index contributed by atoms with van der Waals surface area (Å²) in [6.45, 7) is 4.46. The van der Waals surface area contributed by atoms with Gasteiger partial charge in [0.25, 0.3) is 0 Å². The van der Waals surface area contributed by atoms with Gasteiger partial charge < -0.3 is 25.7 Å². The Morgan fingerprint density at radius 1 is 1.23 bits per heavy atom. The largest absolute Gasteiger partial charge is 0.548 e. The van der Waals surface area contributed by atoms with Crippen LogP contribution in [0.25, 0.3) is 0 Å². The Bertz CT molecular complexity index is 748. The topological polar surface area (TPSA) is 111 Å². The summed E-state index contributed by atoms with van der Waals surface area (Å²) in [5.74, 6) is -0.619. The summed E-state index contributed by atoms with van der Waals surface area (Å²) >= 11 is 0. The molecule has 0 aliphatic rings. The maximum absolute atomic E-state index is 11.7. The first-order valence-corrected chi connectivity index (χ1v) is 8.63. The second-order valence-corrected chi connectivity index (χ2v) is 5.98. The molecule has 2 aromatic carbocycles. The average molecular weight is 354 g/mol. The molecule has 0 amide bonds. The predicted molar refractivity (Wildman–Crippen MR) is 100 cm³/mol. The van der Waals surface area contributed by atoms with Crippen LogP contribution in [-0.2, 0) is 11.2 Å². The molecule has 1 unspecified atom stereocenters. The first kappa shape index (κ1) is 19.3. The van der Waals surface area contributed by atoms with Gasteiger partial charge in [-0.1, -0.05) is 19.4 Å². The number of carbonyl (C=O) groups excluding carboxylic acids is 1. The molecule has 0 bridgehead atoms. The number of nitrogens with one attached hydrogen (secondary N) is 2.